The lowest BCUT2D eigenvalue weighted by Gasteiger charge is -2.10. The third kappa shape index (κ3) is 3.89. The van der Waals surface area contributed by atoms with Gasteiger partial charge in [-0.2, -0.15) is 0 Å². The molecule has 0 fully saturated rings. The number of primary amides is 1. The average molecular weight is 399 g/mol. The van der Waals surface area contributed by atoms with Gasteiger partial charge < -0.3 is 16.0 Å². The molecule has 4 aromatic rings. The number of rotatable bonds is 7. The molecule has 2 aromatic carbocycles. The van der Waals surface area contributed by atoms with Crippen molar-refractivity contribution in [2.75, 3.05) is 5.73 Å². The summed E-state index contributed by atoms with van der Waals surface area (Å²) in [5, 5.41) is 0. The molecule has 0 saturated carbocycles. The first kappa shape index (κ1) is 19.6. The van der Waals surface area contributed by atoms with Crippen molar-refractivity contribution in [1.29, 1.82) is 0 Å². The fraction of sp³-hybridized carbons (Fsp3) is 0.208. The Balaban J connectivity index is 1.83. The van der Waals surface area contributed by atoms with Gasteiger partial charge in [-0.15, -0.1) is 0 Å². The Morgan fingerprint density at radius 1 is 1.03 bits per heavy atom. The highest BCUT2D eigenvalue weighted by Gasteiger charge is 2.16. The second-order valence-electron chi connectivity index (χ2n) is 7.41. The molecular weight excluding hydrogens is 374 g/mol. The maximum absolute atomic E-state index is 11.4. The van der Waals surface area contributed by atoms with E-state index in [1.54, 1.807) is 12.1 Å². The lowest BCUT2D eigenvalue weighted by atomic mass is 10.1. The van der Waals surface area contributed by atoms with E-state index in [1.165, 1.54) is 5.56 Å². The smallest absolute Gasteiger partial charge is 0.248 e. The number of hydrogen-bond donors (Lipinski definition) is 2. The second kappa shape index (κ2) is 8.37. The van der Waals surface area contributed by atoms with E-state index in [4.69, 9.17) is 16.5 Å². The maximum Gasteiger partial charge on any atom is 0.248 e. The topological polar surface area (TPSA) is 99.8 Å². The molecule has 30 heavy (non-hydrogen) atoms. The van der Waals surface area contributed by atoms with Gasteiger partial charge in [-0.1, -0.05) is 55.8 Å². The Morgan fingerprint density at radius 2 is 1.77 bits per heavy atom. The summed E-state index contributed by atoms with van der Waals surface area (Å²) in [5.74, 6) is 0.974. The summed E-state index contributed by atoms with van der Waals surface area (Å²) in [4.78, 5) is 20.8. The SMILES string of the molecule is CCCCc1nc2c(N)nc(-c3ccc(C(N)=O)cc3)cc2n1Cc1ccccc1. The van der Waals surface area contributed by atoms with Crippen LogP contribution in [0.1, 0.15) is 41.5 Å². The number of amides is 1. The number of aromatic nitrogens is 3. The van der Waals surface area contributed by atoms with Crippen molar-refractivity contribution in [3.05, 3.63) is 77.6 Å². The molecule has 1 amide bonds. The maximum atomic E-state index is 11.4. The van der Waals surface area contributed by atoms with Gasteiger partial charge in [0.1, 0.15) is 11.3 Å². The van der Waals surface area contributed by atoms with Crippen LogP contribution in [0.25, 0.3) is 22.3 Å². The van der Waals surface area contributed by atoms with E-state index in [1.807, 2.05) is 36.4 Å². The number of nitrogens with zero attached hydrogens (tertiary/aromatic N) is 3. The van der Waals surface area contributed by atoms with Crippen LogP contribution in [-0.4, -0.2) is 20.4 Å². The van der Waals surface area contributed by atoms with Gasteiger partial charge in [0, 0.05) is 24.1 Å². The number of unbranched alkanes of at least 4 members (excludes halogenated alkanes) is 1. The lowest BCUT2D eigenvalue weighted by molar-refractivity contribution is 0.100. The standard InChI is InChI=1S/C24H25N5O/c1-2-3-9-21-28-22-20(29(21)15-16-7-5-4-6-8-16)14-19(27-23(22)25)17-10-12-18(13-11-17)24(26)30/h4-8,10-14H,2-3,9,15H2,1H3,(H2,25,27)(H2,26,30). The van der Waals surface area contributed by atoms with E-state index in [2.05, 4.69) is 28.6 Å². The van der Waals surface area contributed by atoms with Crippen LogP contribution in [0.15, 0.2) is 60.7 Å². The van der Waals surface area contributed by atoms with Crippen LogP contribution in [0.3, 0.4) is 0 Å². The molecule has 4 N–H and O–H groups in total. The Labute approximate surface area is 175 Å². The summed E-state index contributed by atoms with van der Waals surface area (Å²) in [7, 11) is 0. The van der Waals surface area contributed by atoms with Crippen molar-refractivity contribution in [2.45, 2.75) is 32.7 Å². The van der Waals surface area contributed by atoms with Gasteiger partial charge in [0.25, 0.3) is 0 Å². The van der Waals surface area contributed by atoms with E-state index in [0.717, 1.165) is 53.9 Å². The zero-order valence-corrected chi connectivity index (χ0v) is 17.0. The molecule has 0 bridgehead atoms. The van der Waals surface area contributed by atoms with Crippen molar-refractivity contribution >= 4 is 22.8 Å². The Morgan fingerprint density at radius 3 is 2.43 bits per heavy atom. The minimum atomic E-state index is -0.453. The Hall–Kier alpha value is -3.67. The van der Waals surface area contributed by atoms with E-state index in [9.17, 15) is 4.79 Å². The molecular formula is C24H25N5O. The summed E-state index contributed by atoms with van der Waals surface area (Å²) in [6.45, 7) is 2.90. The van der Waals surface area contributed by atoms with Crippen molar-refractivity contribution in [2.24, 2.45) is 5.73 Å². The highest BCUT2D eigenvalue weighted by molar-refractivity contribution is 5.93. The molecule has 0 radical (unpaired) electrons. The zero-order chi connectivity index (χ0) is 21.1. The van der Waals surface area contributed by atoms with Gasteiger partial charge in [-0.05, 0) is 30.2 Å². The summed E-state index contributed by atoms with van der Waals surface area (Å²) in [5.41, 5.74) is 16.6. The van der Waals surface area contributed by atoms with Crippen LogP contribution < -0.4 is 11.5 Å². The molecule has 152 valence electrons. The number of carbonyl (C=O) groups excluding carboxylic acids is 1. The van der Waals surface area contributed by atoms with Gasteiger partial charge in [0.05, 0.1) is 11.2 Å². The number of hydrogen-bond acceptors (Lipinski definition) is 4. The minimum absolute atomic E-state index is 0.408. The Kier molecular flexibility index (Phi) is 5.48. The molecule has 0 atom stereocenters. The normalized spacial score (nSPS) is 11.1. The number of fused-ring (bicyclic) bond motifs is 1. The third-order valence-electron chi connectivity index (χ3n) is 5.25. The highest BCUT2D eigenvalue weighted by Crippen LogP contribution is 2.28. The number of nitrogen functional groups attached to an aromatic ring is 1. The highest BCUT2D eigenvalue weighted by atomic mass is 16.1. The summed E-state index contributed by atoms with van der Waals surface area (Å²) >= 11 is 0. The molecule has 0 aliphatic rings. The quantitative estimate of drug-likeness (QED) is 0.487. The predicted octanol–water partition coefficient (Wildman–Crippen LogP) is 4.17. The first-order valence-corrected chi connectivity index (χ1v) is 10.2. The molecule has 4 rings (SSSR count). The number of nitrogens with two attached hydrogens (primary N) is 2. The molecule has 2 aromatic heterocycles. The fourth-order valence-corrected chi connectivity index (χ4v) is 3.61. The first-order chi connectivity index (χ1) is 14.6. The summed E-state index contributed by atoms with van der Waals surface area (Å²) in [6, 6.07) is 19.4. The minimum Gasteiger partial charge on any atom is -0.382 e. The van der Waals surface area contributed by atoms with Crippen LogP contribution >= 0.6 is 0 Å². The van der Waals surface area contributed by atoms with Gasteiger partial charge >= 0.3 is 0 Å². The monoisotopic (exact) mass is 399 g/mol. The van der Waals surface area contributed by atoms with Crippen LogP contribution in [0.5, 0.6) is 0 Å². The van der Waals surface area contributed by atoms with Crippen molar-refractivity contribution in [1.82, 2.24) is 14.5 Å². The summed E-state index contributed by atoms with van der Waals surface area (Å²) in [6.07, 6.45) is 3.05. The van der Waals surface area contributed by atoms with Gasteiger partial charge in [0.2, 0.25) is 5.91 Å². The van der Waals surface area contributed by atoms with E-state index >= 15 is 0 Å². The molecule has 0 aliphatic carbocycles. The summed E-state index contributed by atoms with van der Waals surface area (Å²) < 4.78 is 2.24. The van der Waals surface area contributed by atoms with Crippen LogP contribution in [-0.2, 0) is 13.0 Å². The number of aryl methyl sites for hydroxylation is 1. The van der Waals surface area contributed by atoms with Crippen LogP contribution in [0.4, 0.5) is 5.82 Å². The molecule has 6 heteroatoms. The van der Waals surface area contributed by atoms with Gasteiger partial charge in [-0.25, -0.2) is 9.97 Å². The number of imidazole rings is 1. The van der Waals surface area contributed by atoms with Crippen molar-refractivity contribution in [3.8, 4) is 11.3 Å². The van der Waals surface area contributed by atoms with E-state index in [0.29, 0.717) is 11.4 Å². The first-order valence-electron chi connectivity index (χ1n) is 10.2. The van der Waals surface area contributed by atoms with Gasteiger partial charge in [-0.3, -0.25) is 4.79 Å². The number of carbonyl (C=O) groups is 1. The molecule has 0 saturated heterocycles. The van der Waals surface area contributed by atoms with Crippen molar-refractivity contribution in [3.63, 3.8) is 0 Å². The molecule has 0 spiro atoms. The average Bonchev–Trinajstić information content (AvgIpc) is 3.11. The number of anilines is 1. The van der Waals surface area contributed by atoms with E-state index in [-0.39, 0.29) is 0 Å². The number of pyridine rings is 1. The molecule has 2 heterocycles. The molecule has 0 aliphatic heterocycles. The van der Waals surface area contributed by atoms with Crippen LogP contribution in [0.2, 0.25) is 0 Å². The Bertz CT molecular complexity index is 1180. The van der Waals surface area contributed by atoms with Crippen molar-refractivity contribution < 1.29 is 4.79 Å². The lowest BCUT2D eigenvalue weighted by Crippen LogP contribution is -2.10. The fourth-order valence-electron chi connectivity index (χ4n) is 3.61. The van der Waals surface area contributed by atoms with Gasteiger partial charge in [0.15, 0.2) is 5.82 Å². The predicted molar refractivity (Wildman–Crippen MR) is 120 cm³/mol. The molecule has 0 unspecified atom stereocenters. The largest absolute Gasteiger partial charge is 0.382 e. The zero-order valence-electron chi connectivity index (χ0n) is 17.0. The molecule has 6 nitrogen and oxygen atoms in total. The van der Waals surface area contributed by atoms with E-state index < -0.39 is 5.91 Å². The van der Waals surface area contributed by atoms with Crippen LogP contribution in [0, 0.1) is 0 Å². The third-order valence-corrected chi connectivity index (χ3v) is 5.25. The second-order valence-corrected chi connectivity index (χ2v) is 7.41. The number of benzene rings is 2.